The summed E-state index contributed by atoms with van der Waals surface area (Å²) in [5.41, 5.74) is 5.28. The molecule has 1 aromatic carbocycles. The van der Waals surface area contributed by atoms with E-state index in [-0.39, 0.29) is 24.0 Å². The summed E-state index contributed by atoms with van der Waals surface area (Å²) < 4.78 is 27.2. The number of nitrogens with two attached hydrogens (primary N) is 1. The molecule has 1 atom stereocenters. The molecule has 6 heteroatoms. The zero-order valence-corrected chi connectivity index (χ0v) is 12.3. The molecule has 0 fully saturated rings. The van der Waals surface area contributed by atoms with Crippen molar-refractivity contribution in [2.75, 3.05) is 6.54 Å². The summed E-state index contributed by atoms with van der Waals surface area (Å²) in [5.74, 6) is -0.435. The molecule has 2 rings (SSSR count). The Labute approximate surface area is 127 Å². The Kier molecular flexibility index (Phi) is 5.45. The molecule has 0 amide bonds. The molecule has 0 radical (unpaired) electrons. The number of nitrogens with zero attached hydrogens (tertiary/aromatic N) is 1. The first-order chi connectivity index (χ1) is 8.94. The maximum Gasteiger partial charge on any atom is 0.146 e. The van der Waals surface area contributed by atoms with Crippen molar-refractivity contribution in [2.24, 2.45) is 5.73 Å². The summed E-state index contributed by atoms with van der Waals surface area (Å²) in [7, 11) is 0. The lowest BCUT2D eigenvalue weighted by molar-refractivity contribution is 0.203. The third kappa shape index (κ3) is 3.45. The minimum atomic E-state index is -1.68. The lowest BCUT2D eigenvalue weighted by atomic mass is 9.95. The van der Waals surface area contributed by atoms with Gasteiger partial charge in [0.15, 0.2) is 0 Å². The Hall–Kier alpha value is -1.23. The number of alkyl halides is 1. The molecule has 0 aliphatic carbocycles. The van der Waals surface area contributed by atoms with E-state index in [0.29, 0.717) is 16.7 Å². The van der Waals surface area contributed by atoms with E-state index in [9.17, 15) is 8.78 Å². The van der Waals surface area contributed by atoms with Gasteiger partial charge in [0.2, 0.25) is 0 Å². The van der Waals surface area contributed by atoms with Crippen LogP contribution in [0.25, 0.3) is 11.1 Å². The Bertz CT molecular complexity index is 603. The van der Waals surface area contributed by atoms with Gasteiger partial charge in [-0.05, 0) is 24.6 Å². The van der Waals surface area contributed by atoms with Gasteiger partial charge in [0, 0.05) is 28.9 Å². The van der Waals surface area contributed by atoms with Crippen LogP contribution in [0.5, 0.6) is 0 Å². The van der Waals surface area contributed by atoms with Crippen LogP contribution in [-0.2, 0) is 5.67 Å². The highest BCUT2D eigenvalue weighted by molar-refractivity contribution is 6.31. The Balaban J connectivity index is 0.00000200. The van der Waals surface area contributed by atoms with Gasteiger partial charge in [-0.15, -0.1) is 12.4 Å². The smallest absolute Gasteiger partial charge is 0.146 e. The number of pyridine rings is 1. The molecule has 0 saturated carbocycles. The molecule has 2 aromatic rings. The highest BCUT2D eigenvalue weighted by atomic mass is 35.5. The van der Waals surface area contributed by atoms with Crippen molar-refractivity contribution in [2.45, 2.75) is 12.6 Å². The van der Waals surface area contributed by atoms with Gasteiger partial charge in [-0.25, -0.2) is 8.78 Å². The van der Waals surface area contributed by atoms with Crippen molar-refractivity contribution in [3.05, 3.63) is 53.1 Å². The summed E-state index contributed by atoms with van der Waals surface area (Å²) in [6.45, 7) is 1.21. The van der Waals surface area contributed by atoms with Gasteiger partial charge in [0.1, 0.15) is 11.5 Å². The number of hydrogen-bond donors (Lipinski definition) is 1. The third-order valence-corrected chi connectivity index (χ3v) is 3.26. The molecule has 0 aliphatic heterocycles. The Morgan fingerprint density at radius 3 is 2.50 bits per heavy atom. The third-order valence-electron chi connectivity index (χ3n) is 2.95. The Morgan fingerprint density at radius 2 is 1.95 bits per heavy atom. The van der Waals surface area contributed by atoms with Crippen LogP contribution in [0.15, 0.2) is 36.7 Å². The van der Waals surface area contributed by atoms with E-state index < -0.39 is 11.5 Å². The van der Waals surface area contributed by atoms with E-state index in [1.54, 1.807) is 18.2 Å². The van der Waals surface area contributed by atoms with E-state index in [2.05, 4.69) is 4.98 Å². The maximum absolute atomic E-state index is 14.1. The molecule has 108 valence electrons. The lowest BCUT2D eigenvalue weighted by Gasteiger charge is -2.20. The van der Waals surface area contributed by atoms with Gasteiger partial charge in [-0.3, -0.25) is 4.98 Å². The SMILES string of the molecule is CC(F)(CN)c1ccc(-c2cncc(F)c2)cc1Cl.Cl. The van der Waals surface area contributed by atoms with Crippen LogP contribution < -0.4 is 5.73 Å². The average Bonchev–Trinajstić information content (AvgIpc) is 2.38. The molecule has 0 aliphatic rings. The predicted octanol–water partition coefficient (Wildman–Crippen LogP) is 4.11. The fourth-order valence-electron chi connectivity index (χ4n) is 1.80. The van der Waals surface area contributed by atoms with E-state index in [0.717, 1.165) is 6.20 Å². The standard InChI is InChI=1S/C14H13ClF2N2.ClH/c1-14(17,8-18)12-3-2-9(5-13(12)15)10-4-11(16)7-19-6-10;/h2-7H,8,18H2,1H3;1H. The molecule has 0 bridgehead atoms. The average molecular weight is 319 g/mol. The monoisotopic (exact) mass is 318 g/mol. The number of rotatable bonds is 3. The lowest BCUT2D eigenvalue weighted by Crippen LogP contribution is -2.26. The summed E-state index contributed by atoms with van der Waals surface area (Å²) in [5, 5.41) is 0.261. The van der Waals surface area contributed by atoms with Crippen LogP contribution in [0.2, 0.25) is 5.02 Å². The van der Waals surface area contributed by atoms with E-state index in [1.165, 1.54) is 19.2 Å². The van der Waals surface area contributed by atoms with Crippen LogP contribution >= 0.6 is 24.0 Å². The van der Waals surface area contributed by atoms with Gasteiger partial charge in [0.05, 0.1) is 6.20 Å². The highest BCUT2D eigenvalue weighted by Crippen LogP contribution is 2.33. The van der Waals surface area contributed by atoms with Crippen molar-refractivity contribution < 1.29 is 8.78 Å². The topological polar surface area (TPSA) is 38.9 Å². The number of hydrogen-bond acceptors (Lipinski definition) is 2. The first-order valence-corrected chi connectivity index (χ1v) is 6.12. The quantitative estimate of drug-likeness (QED) is 0.925. The van der Waals surface area contributed by atoms with E-state index in [1.807, 2.05) is 0 Å². The van der Waals surface area contributed by atoms with E-state index >= 15 is 0 Å². The minimum absolute atomic E-state index is 0. The van der Waals surface area contributed by atoms with Crippen molar-refractivity contribution in [1.82, 2.24) is 4.98 Å². The number of benzene rings is 1. The molecular weight excluding hydrogens is 305 g/mol. The van der Waals surface area contributed by atoms with Crippen molar-refractivity contribution in [3.63, 3.8) is 0 Å². The Morgan fingerprint density at radius 1 is 1.25 bits per heavy atom. The normalized spacial score (nSPS) is 13.4. The summed E-state index contributed by atoms with van der Waals surface area (Å²) in [6.07, 6.45) is 2.64. The second-order valence-corrected chi connectivity index (χ2v) is 4.90. The van der Waals surface area contributed by atoms with Crippen molar-refractivity contribution in [1.29, 1.82) is 0 Å². The van der Waals surface area contributed by atoms with Crippen molar-refractivity contribution in [3.8, 4) is 11.1 Å². The van der Waals surface area contributed by atoms with Crippen LogP contribution in [0.4, 0.5) is 8.78 Å². The van der Waals surface area contributed by atoms with E-state index in [4.69, 9.17) is 17.3 Å². The molecule has 0 spiro atoms. The van der Waals surface area contributed by atoms with Gasteiger partial charge in [-0.1, -0.05) is 23.7 Å². The molecule has 0 saturated heterocycles. The first-order valence-electron chi connectivity index (χ1n) is 5.74. The van der Waals surface area contributed by atoms with Crippen molar-refractivity contribution >= 4 is 24.0 Å². The molecule has 2 nitrogen and oxygen atoms in total. The molecule has 20 heavy (non-hydrogen) atoms. The molecule has 1 heterocycles. The van der Waals surface area contributed by atoms with Crippen LogP contribution in [-0.4, -0.2) is 11.5 Å². The first kappa shape index (κ1) is 16.8. The maximum atomic E-state index is 14.1. The van der Waals surface area contributed by atoms with Crippen LogP contribution in [0.3, 0.4) is 0 Å². The molecular formula is C14H14Cl2F2N2. The summed E-state index contributed by atoms with van der Waals surface area (Å²) in [4.78, 5) is 3.77. The van der Waals surface area contributed by atoms with Gasteiger partial charge < -0.3 is 5.73 Å². The van der Waals surface area contributed by atoms with Gasteiger partial charge in [0.25, 0.3) is 0 Å². The zero-order valence-electron chi connectivity index (χ0n) is 10.7. The van der Waals surface area contributed by atoms with Crippen LogP contribution in [0.1, 0.15) is 12.5 Å². The largest absolute Gasteiger partial charge is 0.327 e. The van der Waals surface area contributed by atoms with Gasteiger partial charge in [-0.2, -0.15) is 0 Å². The molecule has 1 aromatic heterocycles. The second kappa shape index (κ2) is 6.48. The minimum Gasteiger partial charge on any atom is -0.327 e. The highest BCUT2D eigenvalue weighted by Gasteiger charge is 2.26. The number of halogens is 4. The molecule has 2 N–H and O–H groups in total. The van der Waals surface area contributed by atoms with Gasteiger partial charge >= 0.3 is 0 Å². The molecule has 1 unspecified atom stereocenters. The fourth-order valence-corrected chi connectivity index (χ4v) is 2.17. The fraction of sp³-hybridized carbons (Fsp3) is 0.214. The zero-order chi connectivity index (χ0) is 14.0. The second-order valence-electron chi connectivity index (χ2n) is 4.49. The summed E-state index contributed by atoms with van der Waals surface area (Å²) in [6, 6.07) is 6.16. The predicted molar refractivity (Wildman–Crippen MR) is 79.4 cm³/mol. The van der Waals surface area contributed by atoms with Crippen LogP contribution in [0, 0.1) is 5.82 Å². The number of aromatic nitrogens is 1. The summed E-state index contributed by atoms with van der Waals surface area (Å²) >= 11 is 6.07.